The number of nitrogens with zero attached hydrogens (tertiary/aromatic N) is 1. The normalized spacial score (nSPS) is 16.1. The molecule has 1 aromatic heterocycles. The third-order valence-corrected chi connectivity index (χ3v) is 9.15. The molecule has 1 unspecified atom stereocenters. The Morgan fingerprint density at radius 2 is 1.85 bits per heavy atom. The van der Waals surface area contributed by atoms with Crippen LogP contribution in [0.1, 0.15) is 79.4 Å². The summed E-state index contributed by atoms with van der Waals surface area (Å²) in [6.07, 6.45) is 10.7. The highest BCUT2D eigenvalue weighted by molar-refractivity contribution is 7.92. The molecule has 0 amide bonds. The van der Waals surface area contributed by atoms with Gasteiger partial charge in [-0.3, -0.25) is 4.72 Å². The number of hydrogen-bond acceptors (Lipinski definition) is 6. The lowest BCUT2D eigenvalue weighted by molar-refractivity contribution is 0.383. The highest BCUT2D eigenvalue weighted by Gasteiger charge is 2.28. The number of para-hydroxylation sites is 1. The third kappa shape index (κ3) is 5.48. The maximum Gasteiger partial charge on any atom is 0.343 e. The Bertz CT molecular complexity index is 1560. The van der Waals surface area contributed by atoms with E-state index in [1.165, 1.54) is 0 Å². The minimum absolute atomic E-state index is 0.0413. The van der Waals surface area contributed by atoms with E-state index >= 15 is 0 Å². The van der Waals surface area contributed by atoms with Crippen LogP contribution in [-0.2, 0) is 22.9 Å². The number of aryl methyl sites for hydroxylation is 1. The Hall–Kier alpha value is -3.52. The van der Waals surface area contributed by atoms with Crippen molar-refractivity contribution in [2.24, 2.45) is 0 Å². The zero-order valence-corrected chi connectivity index (χ0v) is 23.4. The molecule has 0 radical (unpaired) electrons. The molecule has 0 saturated heterocycles. The van der Waals surface area contributed by atoms with Gasteiger partial charge >= 0.3 is 5.63 Å². The molecule has 206 valence electrons. The Morgan fingerprint density at radius 1 is 1.08 bits per heavy atom. The summed E-state index contributed by atoms with van der Waals surface area (Å²) < 4.78 is 35.7. The molecule has 2 N–H and O–H groups in total. The van der Waals surface area contributed by atoms with Crippen molar-refractivity contribution in [1.29, 1.82) is 0 Å². The standard InChI is InChI=1S/C31H36N2O5S/c1-3-11-24(28-30(34)25-16-6-4-5-7-17-26(25)38-31(28)35)22-13-8-15-23(20-22)32-39(36,37)27-18-9-12-21-14-10-19-33(2)29(21)27/h8-10,12-15,18,20,24,32,34H,3-7,11,16-17,19H2,1-2H3. The van der Waals surface area contributed by atoms with Gasteiger partial charge in [-0.15, -0.1) is 0 Å². The van der Waals surface area contributed by atoms with Crippen molar-refractivity contribution in [2.75, 3.05) is 23.2 Å². The molecule has 1 atom stereocenters. The summed E-state index contributed by atoms with van der Waals surface area (Å²) in [4.78, 5) is 15.3. The molecule has 7 nitrogen and oxygen atoms in total. The van der Waals surface area contributed by atoms with E-state index in [1.807, 2.05) is 43.2 Å². The predicted octanol–water partition coefficient (Wildman–Crippen LogP) is 6.20. The summed E-state index contributed by atoms with van der Waals surface area (Å²) in [7, 11) is -2.03. The molecule has 2 aliphatic rings. The van der Waals surface area contributed by atoms with E-state index in [-0.39, 0.29) is 16.2 Å². The second-order valence-corrected chi connectivity index (χ2v) is 12.2. The van der Waals surface area contributed by atoms with Gasteiger partial charge < -0.3 is 14.4 Å². The number of fused-ring (bicyclic) bond motifs is 2. The van der Waals surface area contributed by atoms with Crippen LogP contribution < -0.4 is 15.2 Å². The smallest absolute Gasteiger partial charge is 0.343 e. The molecule has 0 fully saturated rings. The fraction of sp³-hybridized carbons (Fsp3) is 0.387. The van der Waals surface area contributed by atoms with Crippen LogP contribution in [0.25, 0.3) is 6.08 Å². The molecule has 8 heteroatoms. The highest BCUT2D eigenvalue weighted by Crippen LogP contribution is 2.39. The van der Waals surface area contributed by atoms with Gasteiger partial charge in [-0.05, 0) is 55.0 Å². The number of likely N-dealkylation sites (N-methyl/N-ethyl adjacent to an activating group) is 1. The first-order chi connectivity index (χ1) is 18.8. The third-order valence-electron chi connectivity index (χ3n) is 7.74. The van der Waals surface area contributed by atoms with Crippen molar-refractivity contribution in [3.05, 3.63) is 87.0 Å². The zero-order valence-electron chi connectivity index (χ0n) is 22.6. The second kappa shape index (κ2) is 11.3. The zero-order chi connectivity index (χ0) is 27.6. The van der Waals surface area contributed by atoms with Crippen LogP contribution in [-0.4, -0.2) is 27.1 Å². The molecule has 0 saturated carbocycles. The van der Waals surface area contributed by atoms with E-state index in [0.717, 1.165) is 48.8 Å². The van der Waals surface area contributed by atoms with Gasteiger partial charge in [0, 0.05) is 37.2 Å². The lowest BCUT2D eigenvalue weighted by Gasteiger charge is -2.26. The highest BCUT2D eigenvalue weighted by atomic mass is 32.2. The van der Waals surface area contributed by atoms with E-state index in [2.05, 4.69) is 4.72 Å². The van der Waals surface area contributed by atoms with Crippen molar-refractivity contribution in [3.8, 4) is 5.75 Å². The summed E-state index contributed by atoms with van der Waals surface area (Å²) >= 11 is 0. The fourth-order valence-corrected chi connectivity index (χ4v) is 7.18. The van der Waals surface area contributed by atoms with Gasteiger partial charge in [-0.25, -0.2) is 13.2 Å². The Balaban J connectivity index is 1.52. The van der Waals surface area contributed by atoms with Gasteiger partial charge in [0.2, 0.25) is 0 Å². The maximum atomic E-state index is 13.6. The van der Waals surface area contributed by atoms with E-state index in [0.29, 0.717) is 42.9 Å². The lowest BCUT2D eigenvalue weighted by atomic mass is 9.85. The maximum absolute atomic E-state index is 13.6. The number of hydrogen-bond donors (Lipinski definition) is 2. The molecule has 1 aliphatic heterocycles. The molecule has 5 rings (SSSR count). The van der Waals surface area contributed by atoms with Gasteiger partial charge in [-0.2, -0.15) is 0 Å². The monoisotopic (exact) mass is 548 g/mol. The topological polar surface area (TPSA) is 99.8 Å². The average Bonchev–Trinajstić information content (AvgIpc) is 2.89. The first-order valence-corrected chi connectivity index (χ1v) is 15.3. The van der Waals surface area contributed by atoms with Crippen LogP contribution in [0.4, 0.5) is 11.4 Å². The molecule has 0 spiro atoms. The predicted molar refractivity (Wildman–Crippen MR) is 155 cm³/mol. The summed E-state index contributed by atoms with van der Waals surface area (Å²) in [5.41, 5.74) is 3.16. The number of anilines is 2. The van der Waals surface area contributed by atoms with E-state index in [4.69, 9.17) is 4.42 Å². The number of rotatable bonds is 7. The molecule has 1 aliphatic carbocycles. The molecule has 2 aromatic carbocycles. The second-order valence-electron chi connectivity index (χ2n) is 10.5. The number of sulfonamides is 1. The quantitative estimate of drug-likeness (QED) is 0.365. The Labute approximate surface area is 230 Å². The van der Waals surface area contributed by atoms with Gasteiger partial charge in [0.1, 0.15) is 16.4 Å². The Morgan fingerprint density at radius 3 is 2.64 bits per heavy atom. The van der Waals surface area contributed by atoms with Crippen molar-refractivity contribution in [3.63, 3.8) is 0 Å². The molecule has 0 bridgehead atoms. The molecule has 39 heavy (non-hydrogen) atoms. The first-order valence-electron chi connectivity index (χ1n) is 13.8. The van der Waals surface area contributed by atoms with E-state index in [9.17, 15) is 18.3 Å². The summed E-state index contributed by atoms with van der Waals surface area (Å²) in [6.45, 7) is 2.65. The Kier molecular flexibility index (Phi) is 7.84. The molecule has 2 heterocycles. The van der Waals surface area contributed by atoms with Crippen molar-refractivity contribution in [2.45, 2.75) is 69.1 Å². The van der Waals surface area contributed by atoms with Crippen LogP contribution in [0, 0.1) is 0 Å². The van der Waals surface area contributed by atoms with E-state index < -0.39 is 21.6 Å². The molecular weight excluding hydrogens is 512 g/mol. The van der Waals surface area contributed by atoms with Gasteiger partial charge in [0.15, 0.2) is 0 Å². The lowest BCUT2D eigenvalue weighted by Crippen LogP contribution is -2.25. The first kappa shape index (κ1) is 27.1. The SMILES string of the molecule is CCCC(c1cccc(NS(=O)(=O)c2cccc3c2N(C)CC=C3)c1)c1c(O)c2c(oc1=O)CCCCCC2. The minimum atomic E-state index is -3.90. The average molecular weight is 549 g/mol. The number of benzene rings is 2. The van der Waals surface area contributed by atoms with Crippen LogP contribution in [0.15, 0.2) is 62.6 Å². The van der Waals surface area contributed by atoms with Crippen molar-refractivity contribution >= 4 is 27.5 Å². The largest absolute Gasteiger partial charge is 0.507 e. The van der Waals surface area contributed by atoms with Crippen LogP contribution in [0.5, 0.6) is 5.75 Å². The molecule has 3 aromatic rings. The van der Waals surface area contributed by atoms with Crippen LogP contribution in [0.3, 0.4) is 0 Å². The van der Waals surface area contributed by atoms with Crippen LogP contribution in [0.2, 0.25) is 0 Å². The number of nitrogens with one attached hydrogen (secondary N) is 1. The molecular formula is C31H36N2O5S. The summed E-state index contributed by atoms with van der Waals surface area (Å²) in [6, 6.07) is 12.4. The van der Waals surface area contributed by atoms with Crippen molar-refractivity contribution in [1.82, 2.24) is 0 Å². The summed E-state index contributed by atoms with van der Waals surface area (Å²) in [5, 5.41) is 11.4. The van der Waals surface area contributed by atoms with E-state index in [1.54, 1.807) is 30.3 Å². The van der Waals surface area contributed by atoms with Crippen LogP contribution >= 0.6 is 0 Å². The number of aromatic hydroxyl groups is 1. The minimum Gasteiger partial charge on any atom is -0.507 e. The van der Waals surface area contributed by atoms with Crippen molar-refractivity contribution < 1.29 is 17.9 Å². The van der Waals surface area contributed by atoms with Gasteiger partial charge in [-0.1, -0.05) is 62.6 Å². The van der Waals surface area contributed by atoms with Gasteiger partial charge in [0.25, 0.3) is 10.0 Å². The summed E-state index contributed by atoms with van der Waals surface area (Å²) in [5.74, 6) is 0.218. The van der Waals surface area contributed by atoms with Gasteiger partial charge in [0.05, 0.1) is 11.3 Å². The fourth-order valence-electron chi connectivity index (χ4n) is 5.85.